The number of para-hydroxylation sites is 1. The van der Waals surface area contributed by atoms with Gasteiger partial charge in [0.1, 0.15) is 11.6 Å². The molecule has 0 radical (unpaired) electrons. The number of aromatic hydroxyl groups is 1. The van der Waals surface area contributed by atoms with Gasteiger partial charge in [0.2, 0.25) is 0 Å². The maximum Gasteiger partial charge on any atom is 0.136 e. The van der Waals surface area contributed by atoms with Crippen molar-refractivity contribution in [1.82, 2.24) is 9.97 Å². The predicted octanol–water partition coefficient (Wildman–Crippen LogP) is 8.94. The van der Waals surface area contributed by atoms with E-state index in [-0.39, 0.29) is 32.7 Å². The van der Waals surface area contributed by atoms with Crippen molar-refractivity contribution in [3.05, 3.63) is 157 Å². The summed E-state index contributed by atoms with van der Waals surface area (Å²) in [4.78, 5) is 11.7. The molecule has 0 fully saturated rings. The molecule has 0 saturated heterocycles. The second-order valence-electron chi connectivity index (χ2n) is 9.63. The predicted molar refractivity (Wildman–Crippen MR) is 162 cm³/mol. The molecule has 0 amide bonds. The standard InChI is InChI=1S/C36H28N3O.Pt/c1-26(27-12-3-2-4-13-27)28-14-9-16-30(24-28)39(36-22-7-8-23-37-36)31-17-10-15-29(25-31)33-19-11-20-34(38-33)32-18-5-6-21-35(32)40;/h2-24,26,40H,1H3;/q-1;. The Labute approximate surface area is 255 Å². The average Bonchev–Trinajstić information content (AvgIpc) is 3.02. The molecule has 6 aromatic rings. The fourth-order valence-electron chi connectivity index (χ4n) is 4.91. The molecule has 2 heterocycles. The number of hydrogen-bond acceptors (Lipinski definition) is 4. The Balaban J connectivity index is 0.00000337. The van der Waals surface area contributed by atoms with E-state index in [0.717, 1.165) is 28.5 Å². The van der Waals surface area contributed by atoms with Gasteiger partial charge in [-0.05, 0) is 65.0 Å². The molecule has 1 atom stereocenters. The molecule has 1 unspecified atom stereocenters. The quantitative estimate of drug-likeness (QED) is 0.168. The zero-order chi connectivity index (χ0) is 27.3. The molecule has 4 nitrogen and oxygen atoms in total. The van der Waals surface area contributed by atoms with E-state index in [0.29, 0.717) is 11.3 Å². The van der Waals surface area contributed by atoms with Gasteiger partial charge in [-0.2, -0.15) is 0 Å². The van der Waals surface area contributed by atoms with Crippen LogP contribution in [0.1, 0.15) is 24.0 Å². The van der Waals surface area contributed by atoms with Gasteiger partial charge in [0.15, 0.2) is 0 Å². The molecule has 6 rings (SSSR count). The van der Waals surface area contributed by atoms with Crippen LogP contribution in [0.15, 0.2) is 140 Å². The van der Waals surface area contributed by atoms with E-state index in [4.69, 9.17) is 9.97 Å². The van der Waals surface area contributed by atoms with Crippen molar-refractivity contribution in [3.63, 3.8) is 0 Å². The normalized spacial score (nSPS) is 11.3. The Morgan fingerprint density at radius 2 is 1.39 bits per heavy atom. The number of rotatable bonds is 7. The van der Waals surface area contributed by atoms with Crippen LogP contribution in [-0.2, 0) is 21.1 Å². The van der Waals surface area contributed by atoms with E-state index in [1.54, 1.807) is 12.3 Å². The van der Waals surface area contributed by atoms with Crippen molar-refractivity contribution < 1.29 is 26.2 Å². The largest absolute Gasteiger partial charge is 0.507 e. The Bertz CT molecular complexity index is 1740. The summed E-state index contributed by atoms with van der Waals surface area (Å²) in [5.41, 5.74) is 7.38. The van der Waals surface area contributed by atoms with Crippen molar-refractivity contribution in [1.29, 1.82) is 0 Å². The van der Waals surface area contributed by atoms with Gasteiger partial charge in [-0.3, -0.25) is 4.98 Å². The Morgan fingerprint density at radius 1 is 0.683 bits per heavy atom. The molecular weight excluding hydrogens is 685 g/mol. The van der Waals surface area contributed by atoms with Gasteiger partial charge >= 0.3 is 0 Å². The molecule has 0 aliphatic heterocycles. The van der Waals surface area contributed by atoms with Gasteiger partial charge in [-0.1, -0.05) is 79.7 Å². The molecule has 4 aromatic carbocycles. The van der Waals surface area contributed by atoms with Crippen LogP contribution in [-0.4, -0.2) is 15.1 Å². The van der Waals surface area contributed by atoms with Gasteiger partial charge in [0.05, 0.1) is 5.69 Å². The number of phenolic OH excluding ortho intramolecular Hbond substituents is 1. The number of benzene rings is 4. The van der Waals surface area contributed by atoms with Crippen LogP contribution >= 0.6 is 0 Å². The summed E-state index contributed by atoms with van der Waals surface area (Å²) in [5.74, 6) is 1.25. The summed E-state index contributed by atoms with van der Waals surface area (Å²) in [6.07, 6.45) is 1.81. The van der Waals surface area contributed by atoms with Gasteiger partial charge in [0.25, 0.3) is 0 Å². The summed E-state index contributed by atoms with van der Waals surface area (Å²) in [6, 6.07) is 47.8. The minimum Gasteiger partial charge on any atom is -0.507 e. The van der Waals surface area contributed by atoms with Gasteiger partial charge in [-0.15, -0.1) is 29.8 Å². The monoisotopic (exact) mass is 713 g/mol. The van der Waals surface area contributed by atoms with E-state index in [1.807, 2.05) is 78.9 Å². The molecule has 41 heavy (non-hydrogen) atoms. The topological polar surface area (TPSA) is 49.2 Å². The third-order valence-electron chi connectivity index (χ3n) is 7.03. The van der Waals surface area contributed by atoms with E-state index >= 15 is 0 Å². The second kappa shape index (κ2) is 12.8. The molecule has 0 spiro atoms. The molecule has 2 aromatic heterocycles. The van der Waals surface area contributed by atoms with E-state index < -0.39 is 0 Å². The fourth-order valence-corrected chi connectivity index (χ4v) is 4.91. The molecule has 1 N–H and O–H groups in total. The molecule has 0 aliphatic carbocycles. The Hall–Kier alpha value is -4.53. The summed E-state index contributed by atoms with van der Waals surface area (Å²) < 4.78 is 0. The smallest absolute Gasteiger partial charge is 0.136 e. The van der Waals surface area contributed by atoms with Crippen LogP contribution in [0.4, 0.5) is 17.2 Å². The van der Waals surface area contributed by atoms with Crippen LogP contribution in [0.5, 0.6) is 5.75 Å². The molecule has 0 saturated carbocycles. The molecule has 204 valence electrons. The zero-order valence-electron chi connectivity index (χ0n) is 22.5. The molecule has 5 heteroatoms. The summed E-state index contributed by atoms with van der Waals surface area (Å²) in [6.45, 7) is 2.23. The first-order valence-corrected chi connectivity index (χ1v) is 13.3. The van der Waals surface area contributed by atoms with Crippen molar-refractivity contribution >= 4 is 17.2 Å². The number of phenols is 1. The first kappa shape index (κ1) is 28.0. The minimum atomic E-state index is 0. The van der Waals surface area contributed by atoms with Crippen LogP contribution in [0.2, 0.25) is 0 Å². The zero-order valence-corrected chi connectivity index (χ0v) is 24.7. The van der Waals surface area contributed by atoms with Crippen LogP contribution in [0, 0.1) is 6.07 Å². The van der Waals surface area contributed by atoms with Gasteiger partial charge in [-0.25, -0.2) is 4.98 Å². The Morgan fingerprint density at radius 3 is 2.20 bits per heavy atom. The Kier molecular flexibility index (Phi) is 8.72. The summed E-state index contributed by atoms with van der Waals surface area (Å²) in [7, 11) is 0. The first-order chi connectivity index (χ1) is 19.7. The van der Waals surface area contributed by atoms with Gasteiger partial charge < -0.3 is 10.0 Å². The fraction of sp³-hybridized carbons (Fsp3) is 0.0556. The maximum absolute atomic E-state index is 10.4. The maximum atomic E-state index is 10.4. The minimum absolute atomic E-state index is 0. The van der Waals surface area contributed by atoms with Crippen LogP contribution in [0.25, 0.3) is 22.5 Å². The SMILES string of the molecule is CC(c1ccccc1)c1cccc(N(c2[c-]c(-c3cccc(-c4ccccc4O)n3)ccc2)c2ccccn2)c1.[Pt]. The third-order valence-corrected chi connectivity index (χ3v) is 7.03. The summed E-state index contributed by atoms with van der Waals surface area (Å²) in [5, 5.41) is 10.4. The van der Waals surface area contributed by atoms with Gasteiger partial charge in [0, 0.05) is 44.4 Å². The van der Waals surface area contributed by atoms with E-state index in [2.05, 4.69) is 66.4 Å². The number of nitrogens with zero attached hydrogens (tertiary/aromatic N) is 3. The molecular formula is C36H28N3OPt-. The van der Waals surface area contributed by atoms with E-state index in [1.165, 1.54) is 11.1 Å². The number of hydrogen-bond donors (Lipinski definition) is 1. The van der Waals surface area contributed by atoms with Crippen molar-refractivity contribution in [3.8, 4) is 28.3 Å². The first-order valence-electron chi connectivity index (χ1n) is 13.3. The molecule has 0 aliphatic rings. The number of anilines is 3. The van der Waals surface area contributed by atoms with Crippen molar-refractivity contribution in [2.24, 2.45) is 0 Å². The van der Waals surface area contributed by atoms with Crippen LogP contribution in [0.3, 0.4) is 0 Å². The second-order valence-corrected chi connectivity index (χ2v) is 9.63. The number of pyridine rings is 2. The summed E-state index contributed by atoms with van der Waals surface area (Å²) >= 11 is 0. The van der Waals surface area contributed by atoms with Crippen molar-refractivity contribution in [2.45, 2.75) is 12.8 Å². The number of aromatic nitrogens is 2. The third kappa shape index (κ3) is 6.14. The average molecular weight is 714 g/mol. The van der Waals surface area contributed by atoms with Crippen LogP contribution < -0.4 is 4.90 Å². The molecule has 0 bridgehead atoms. The van der Waals surface area contributed by atoms with Crippen molar-refractivity contribution in [2.75, 3.05) is 4.90 Å². The van der Waals surface area contributed by atoms with E-state index in [9.17, 15) is 5.11 Å².